The number of benzene rings is 1. The van der Waals surface area contributed by atoms with Crippen molar-refractivity contribution in [1.29, 1.82) is 0 Å². The molecular formula is C27H32ClN7O6. The molecule has 0 spiro atoms. The number of aromatic nitrogens is 3. The molecule has 2 bridgehead atoms. The van der Waals surface area contributed by atoms with Gasteiger partial charge < -0.3 is 30.8 Å². The highest BCUT2D eigenvalue weighted by molar-refractivity contribution is 6.33. The van der Waals surface area contributed by atoms with Crippen molar-refractivity contribution in [3.63, 3.8) is 0 Å². The van der Waals surface area contributed by atoms with Gasteiger partial charge in [-0.2, -0.15) is 5.10 Å². The predicted molar refractivity (Wildman–Crippen MR) is 147 cm³/mol. The third-order valence-corrected chi connectivity index (χ3v) is 6.82. The molecule has 218 valence electrons. The van der Waals surface area contributed by atoms with Crippen molar-refractivity contribution >= 4 is 35.2 Å². The summed E-state index contributed by atoms with van der Waals surface area (Å²) in [7, 11) is 1.62. The molecule has 3 aromatic rings. The lowest BCUT2D eigenvalue weighted by Gasteiger charge is -2.23. The largest absolute Gasteiger partial charge is 0.446 e. The zero-order valence-corrected chi connectivity index (χ0v) is 23.4. The number of carbonyl (C=O) groups is 4. The Morgan fingerprint density at radius 1 is 1.20 bits per heavy atom. The molecule has 0 fully saturated rings. The summed E-state index contributed by atoms with van der Waals surface area (Å²) in [5.41, 5.74) is 0.713. The molecule has 0 saturated carbocycles. The van der Waals surface area contributed by atoms with Crippen LogP contribution >= 0.6 is 11.6 Å². The summed E-state index contributed by atoms with van der Waals surface area (Å²) in [6.07, 6.45) is 2.85. The van der Waals surface area contributed by atoms with Gasteiger partial charge in [0.15, 0.2) is 11.4 Å². The normalized spacial score (nSPS) is 21.4. The number of carbonyl (C=O) groups excluding carboxylic acids is 4. The van der Waals surface area contributed by atoms with E-state index < -0.39 is 47.9 Å². The number of aliphatic hydroxyl groups excluding tert-OH is 1. The number of fused-ring (bicyclic) bond motifs is 2. The maximum atomic E-state index is 13.6. The van der Waals surface area contributed by atoms with Crippen LogP contribution in [0.5, 0.6) is 0 Å². The van der Waals surface area contributed by atoms with Gasteiger partial charge in [0, 0.05) is 26.2 Å². The standard InChI is InChI=1S/C27H32ClN7O6/c1-15(36)21-25(39)29-11-7-6-10-18(30-26(40)22-17(28)13-35(2)34-22)23(37)31-19(12-16-8-4-3-5-9-16)27-32-20(14-41-27)24(38)33-21/h3-5,8-9,13-15,18-19,21,36H,6-7,10-12H2,1-2H3,(H,29,39)(H,30,40)(H,31,37)(H,33,38)/t15-,18+,19+,21+/m1/s1. The maximum absolute atomic E-state index is 13.6. The summed E-state index contributed by atoms with van der Waals surface area (Å²) in [6, 6.07) is 6.30. The lowest BCUT2D eigenvalue weighted by molar-refractivity contribution is -0.125. The molecule has 0 unspecified atom stereocenters. The molecule has 5 N–H and O–H groups in total. The monoisotopic (exact) mass is 585 g/mol. The second kappa shape index (κ2) is 13.4. The van der Waals surface area contributed by atoms with Crippen LogP contribution in [0.1, 0.15) is 64.7 Å². The average Bonchev–Trinajstić information content (AvgIpc) is 3.56. The Balaban J connectivity index is 1.64. The van der Waals surface area contributed by atoms with E-state index in [-0.39, 0.29) is 41.7 Å². The van der Waals surface area contributed by atoms with Crippen LogP contribution in [0.2, 0.25) is 5.02 Å². The third-order valence-electron chi connectivity index (χ3n) is 6.54. The van der Waals surface area contributed by atoms with Gasteiger partial charge in [0.1, 0.15) is 24.4 Å². The zero-order valence-electron chi connectivity index (χ0n) is 22.6. The fourth-order valence-corrected chi connectivity index (χ4v) is 4.66. The Labute approximate surface area is 241 Å². The Morgan fingerprint density at radius 2 is 1.95 bits per heavy atom. The average molecular weight is 586 g/mol. The van der Waals surface area contributed by atoms with Crippen LogP contribution in [-0.4, -0.2) is 68.2 Å². The van der Waals surface area contributed by atoms with E-state index in [0.717, 1.165) is 11.8 Å². The number of aryl methyl sites for hydroxylation is 1. The molecule has 41 heavy (non-hydrogen) atoms. The first-order chi connectivity index (χ1) is 19.6. The minimum absolute atomic E-state index is 0.0188. The molecule has 1 aliphatic rings. The Bertz CT molecular complexity index is 1390. The molecule has 1 aliphatic heterocycles. The maximum Gasteiger partial charge on any atom is 0.273 e. The second-order valence-corrected chi connectivity index (χ2v) is 10.2. The summed E-state index contributed by atoms with van der Waals surface area (Å²) >= 11 is 6.14. The van der Waals surface area contributed by atoms with Gasteiger partial charge in [-0.05, 0) is 31.7 Å². The molecular weight excluding hydrogens is 554 g/mol. The first-order valence-corrected chi connectivity index (χ1v) is 13.6. The second-order valence-electron chi connectivity index (χ2n) is 9.83. The number of rotatable bonds is 5. The highest BCUT2D eigenvalue weighted by atomic mass is 35.5. The predicted octanol–water partition coefficient (Wildman–Crippen LogP) is 1.04. The van der Waals surface area contributed by atoms with Crippen molar-refractivity contribution in [3.05, 3.63) is 70.7 Å². The Morgan fingerprint density at radius 3 is 2.63 bits per heavy atom. The Hall–Kier alpha value is -4.23. The first-order valence-electron chi connectivity index (χ1n) is 13.2. The van der Waals surface area contributed by atoms with E-state index in [1.54, 1.807) is 7.05 Å². The summed E-state index contributed by atoms with van der Waals surface area (Å²) in [5.74, 6) is -2.36. The van der Waals surface area contributed by atoms with Gasteiger partial charge in [0.2, 0.25) is 17.7 Å². The number of hydrogen-bond donors (Lipinski definition) is 5. The van der Waals surface area contributed by atoms with Crippen LogP contribution in [-0.2, 0) is 23.1 Å². The molecule has 0 saturated heterocycles. The zero-order chi connectivity index (χ0) is 29.5. The molecule has 4 rings (SSSR count). The van der Waals surface area contributed by atoms with E-state index in [4.69, 9.17) is 16.0 Å². The lowest BCUT2D eigenvalue weighted by Crippen LogP contribution is -2.52. The minimum Gasteiger partial charge on any atom is -0.446 e. The highest BCUT2D eigenvalue weighted by Crippen LogP contribution is 2.20. The lowest BCUT2D eigenvalue weighted by atomic mass is 10.0. The quantitative estimate of drug-likeness (QED) is 0.294. The number of aliphatic hydroxyl groups is 1. The smallest absolute Gasteiger partial charge is 0.273 e. The van der Waals surface area contributed by atoms with Gasteiger partial charge in [-0.15, -0.1) is 0 Å². The van der Waals surface area contributed by atoms with Crippen molar-refractivity contribution in [2.75, 3.05) is 6.54 Å². The van der Waals surface area contributed by atoms with E-state index >= 15 is 0 Å². The summed E-state index contributed by atoms with van der Waals surface area (Å²) in [6.45, 7) is 1.61. The molecule has 4 amide bonds. The number of nitrogens with zero attached hydrogens (tertiary/aromatic N) is 3. The van der Waals surface area contributed by atoms with Crippen LogP contribution in [0.25, 0.3) is 0 Å². The van der Waals surface area contributed by atoms with E-state index in [0.29, 0.717) is 12.8 Å². The van der Waals surface area contributed by atoms with Crippen molar-refractivity contribution in [3.8, 4) is 0 Å². The molecule has 3 heterocycles. The minimum atomic E-state index is -1.22. The summed E-state index contributed by atoms with van der Waals surface area (Å²) < 4.78 is 7.00. The van der Waals surface area contributed by atoms with Gasteiger partial charge in [-0.3, -0.25) is 23.9 Å². The van der Waals surface area contributed by atoms with Gasteiger partial charge in [-0.1, -0.05) is 41.9 Å². The van der Waals surface area contributed by atoms with E-state index in [9.17, 15) is 24.3 Å². The number of oxazole rings is 1. The molecule has 0 aliphatic carbocycles. The van der Waals surface area contributed by atoms with Crippen LogP contribution in [0.4, 0.5) is 0 Å². The number of halogens is 1. The van der Waals surface area contributed by atoms with Crippen molar-refractivity contribution in [2.24, 2.45) is 7.05 Å². The summed E-state index contributed by atoms with van der Waals surface area (Å²) in [4.78, 5) is 56.4. The summed E-state index contributed by atoms with van der Waals surface area (Å²) in [5, 5.41) is 25.1. The highest BCUT2D eigenvalue weighted by Gasteiger charge is 2.31. The molecule has 0 radical (unpaired) electrons. The van der Waals surface area contributed by atoms with Crippen LogP contribution in [0, 0.1) is 0 Å². The van der Waals surface area contributed by atoms with Crippen molar-refractivity contribution in [1.82, 2.24) is 36.0 Å². The molecule has 4 atom stereocenters. The number of amides is 4. The van der Waals surface area contributed by atoms with Gasteiger partial charge in [0.05, 0.1) is 11.1 Å². The molecule has 14 heteroatoms. The van der Waals surface area contributed by atoms with Crippen LogP contribution < -0.4 is 21.3 Å². The molecule has 1 aromatic carbocycles. The fraction of sp³-hybridized carbons (Fsp3) is 0.407. The topological polar surface area (TPSA) is 180 Å². The van der Waals surface area contributed by atoms with E-state index in [1.165, 1.54) is 17.8 Å². The van der Waals surface area contributed by atoms with Crippen LogP contribution in [0.3, 0.4) is 0 Å². The van der Waals surface area contributed by atoms with E-state index in [1.807, 2.05) is 30.3 Å². The van der Waals surface area contributed by atoms with Gasteiger partial charge >= 0.3 is 0 Å². The van der Waals surface area contributed by atoms with Crippen molar-refractivity contribution < 1.29 is 28.7 Å². The number of nitrogens with one attached hydrogen (secondary N) is 4. The molecule has 2 aromatic heterocycles. The fourth-order valence-electron chi connectivity index (χ4n) is 4.40. The Kier molecular flexibility index (Phi) is 9.73. The third kappa shape index (κ3) is 7.70. The van der Waals surface area contributed by atoms with Gasteiger partial charge in [0.25, 0.3) is 11.8 Å². The SMILES string of the molecule is C[C@@H](O)[C@@H]1NC(=O)c2coc(n2)[C@H](Cc2ccccc2)NC(=O)[C@@H](NC(=O)c2nn(C)cc2Cl)CCCCNC1=O. The first kappa shape index (κ1) is 29.7. The van der Waals surface area contributed by atoms with Gasteiger partial charge in [-0.25, -0.2) is 4.98 Å². The molecule has 13 nitrogen and oxygen atoms in total. The van der Waals surface area contributed by atoms with E-state index in [2.05, 4.69) is 31.3 Å². The number of hydrogen-bond acceptors (Lipinski definition) is 8. The van der Waals surface area contributed by atoms with Crippen molar-refractivity contribution in [2.45, 2.75) is 56.8 Å². The van der Waals surface area contributed by atoms with Crippen LogP contribution in [0.15, 0.2) is 47.2 Å².